The smallest absolute Gasteiger partial charge is 0.240 e. The topological polar surface area (TPSA) is 49.4 Å². The lowest BCUT2D eigenvalue weighted by Gasteiger charge is -2.20. The second-order valence-electron chi connectivity index (χ2n) is 4.78. The van der Waals surface area contributed by atoms with Crippen molar-refractivity contribution >= 4 is 26.0 Å². The summed E-state index contributed by atoms with van der Waals surface area (Å²) in [5.74, 6) is 0. The molecule has 1 rings (SSSR count). The van der Waals surface area contributed by atoms with Gasteiger partial charge in [0.2, 0.25) is 10.0 Å². The van der Waals surface area contributed by atoms with Crippen LogP contribution >= 0.6 is 15.9 Å². The lowest BCUT2D eigenvalue weighted by Crippen LogP contribution is -2.31. The largest absolute Gasteiger partial charge is 0.304 e. The molecule has 19 heavy (non-hydrogen) atoms. The van der Waals surface area contributed by atoms with Crippen molar-refractivity contribution in [2.45, 2.75) is 31.2 Å². The van der Waals surface area contributed by atoms with Crippen molar-refractivity contribution in [1.82, 2.24) is 9.62 Å². The van der Waals surface area contributed by atoms with E-state index < -0.39 is 10.0 Å². The van der Waals surface area contributed by atoms with Crippen LogP contribution in [0.3, 0.4) is 0 Å². The Kier molecular flexibility index (Phi) is 6.46. The van der Waals surface area contributed by atoms with E-state index in [1.165, 1.54) is 0 Å². The van der Waals surface area contributed by atoms with Crippen LogP contribution in [0.4, 0.5) is 0 Å². The molecule has 1 N–H and O–H groups in total. The molecule has 0 saturated heterocycles. The third-order valence-corrected chi connectivity index (χ3v) is 4.92. The molecule has 0 aliphatic heterocycles. The van der Waals surface area contributed by atoms with E-state index >= 15 is 0 Å². The summed E-state index contributed by atoms with van der Waals surface area (Å²) in [6, 6.07) is 7.18. The Labute approximate surface area is 124 Å². The first-order valence-electron chi connectivity index (χ1n) is 6.28. The van der Waals surface area contributed by atoms with Crippen LogP contribution in [0.25, 0.3) is 0 Å². The number of sulfonamides is 1. The quantitative estimate of drug-likeness (QED) is 0.770. The van der Waals surface area contributed by atoms with Gasteiger partial charge >= 0.3 is 0 Å². The predicted octanol–water partition coefficient (Wildman–Crippen LogP) is 2.46. The summed E-state index contributed by atoms with van der Waals surface area (Å²) in [6.07, 6.45) is 0.794. The molecule has 0 aromatic heterocycles. The predicted molar refractivity (Wildman–Crippen MR) is 81.7 cm³/mol. The molecule has 0 heterocycles. The number of rotatable bonds is 7. The molecule has 0 radical (unpaired) electrons. The summed E-state index contributed by atoms with van der Waals surface area (Å²) < 4.78 is 27.4. The molecule has 1 aromatic carbocycles. The summed E-state index contributed by atoms with van der Waals surface area (Å²) in [7, 11) is -1.36. The molecule has 6 heteroatoms. The van der Waals surface area contributed by atoms with Gasteiger partial charge in [-0.2, -0.15) is 0 Å². The maximum Gasteiger partial charge on any atom is 0.240 e. The van der Waals surface area contributed by atoms with E-state index in [1.54, 1.807) is 24.3 Å². The maximum absolute atomic E-state index is 12.0. The van der Waals surface area contributed by atoms with E-state index in [9.17, 15) is 8.42 Å². The summed E-state index contributed by atoms with van der Waals surface area (Å²) in [4.78, 5) is 2.48. The highest BCUT2D eigenvalue weighted by Gasteiger charge is 2.13. The Morgan fingerprint density at radius 2 is 2.05 bits per heavy atom. The normalized spacial score (nSPS) is 12.3. The van der Waals surface area contributed by atoms with E-state index in [0.717, 1.165) is 17.4 Å². The van der Waals surface area contributed by atoms with Gasteiger partial charge in [-0.05, 0) is 52.1 Å². The summed E-state index contributed by atoms with van der Waals surface area (Å²) in [6.45, 7) is 5.56. The van der Waals surface area contributed by atoms with Gasteiger partial charge in [-0.15, -0.1) is 0 Å². The molecular weight excluding hydrogens is 328 g/mol. The Morgan fingerprint density at radius 1 is 1.37 bits per heavy atom. The number of hydrogen-bond donors (Lipinski definition) is 1. The molecule has 108 valence electrons. The summed E-state index contributed by atoms with van der Waals surface area (Å²) in [5.41, 5.74) is 0. The molecule has 4 nitrogen and oxygen atoms in total. The third-order valence-electron chi connectivity index (χ3n) is 2.97. The Balaban J connectivity index is 2.48. The van der Waals surface area contributed by atoms with Crippen molar-refractivity contribution in [3.8, 4) is 0 Å². The highest BCUT2D eigenvalue weighted by atomic mass is 79.9. The highest BCUT2D eigenvalue weighted by Crippen LogP contribution is 2.15. The van der Waals surface area contributed by atoms with Gasteiger partial charge in [-0.25, -0.2) is 13.1 Å². The second kappa shape index (κ2) is 7.38. The van der Waals surface area contributed by atoms with Gasteiger partial charge in [-0.3, -0.25) is 0 Å². The average Bonchev–Trinajstić information content (AvgIpc) is 2.34. The number of nitrogens with one attached hydrogen (secondary N) is 1. The molecule has 0 spiro atoms. The minimum atomic E-state index is -3.40. The van der Waals surface area contributed by atoms with Crippen LogP contribution in [-0.2, 0) is 10.0 Å². The molecule has 0 bridgehead atoms. The second-order valence-corrected chi connectivity index (χ2v) is 7.47. The van der Waals surface area contributed by atoms with Crippen molar-refractivity contribution in [2.24, 2.45) is 0 Å². The standard InChI is InChI=1S/C13H21BrN2O2S/c1-11(2)16(3)9-5-8-15-19(17,18)13-7-4-6-12(14)10-13/h4,6-7,10-11,15H,5,8-9H2,1-3H3. The van der Waals surface area contributed by atoms with Crippen molar-refractivity contribution in [3.63, 3.8) is 0 Å². The van der Waals surface area contributed by atoms with Crippen molar-refractivity contribution in [2.75, 3.05) is 20.1 Å². The minimum absolute atomic E-state index is 0.291. The Morgan fingerprint density at radius 3 is 2.63 bits per heavy atom. The molecule has 0 aliphatic rings. The van der Waals surface area contributed by atoms with Crippen LogP contribution in [0.5, 0.6) is 0 Å². The third kappa shape index (κ3) is 5.60. The number of nitrogens with zero attached hydrogens (tertiary/aromatic N) is 1. The van der Waals surface area contributed by atoms with Gasteiger partial charge in [0.1, 0.15) is 0 Å². The van der Waals surface area contributed by atoms with Gasteiger partial charge in [0.25, 0.3) is 0 Å². The first-order valence-corrected chi connectivity index (χ1v) is 8.56. The zero-order chi connectivity index (χ0) is 14.5. The van der Waals surface area contributed by atoms with E-state index in [1.807, 2.05) is 7.05 Å². The monoisotopic (exact) mass is 348 g/mol. The van der Waals surface area contributed by atoms with E-state index in [-0.39, 0.29) is 0 Å². The van der Waals surface area contributed by atoms with Crippen LogP contribution in [-0.4, -0.2) is 39.5 Å². The fourth-order valence-electron chi connectivity index (χ4n) is 1.51. The van der Waals surface area contributed by atoms with Crippen molar-refractivity contribution < 1.29 is 8.42 Å². The zero-order valence-electron chi connectivity index (χ0n) is 11.6. The molecule has 1 aromatic rings. The highest BCUT2D eigenvalue weighted by molar-refractivity contribution is 9.10. The Bertz CT molecular complexity index is 503. The fraction of sp³-hybridized carbons (Fsp3) is 0.538. The van der Waals surface area contributed by atoms with Crippen LogP contribution in [0, 0.1) is 0 Å². The van der Waals surface area contributed by atoms with E-state index in [4.69, 9.17) is 0 Å². The molecule has 0 fully saturated rings. The maximum atomic E-state index is 12.0. The van der Waals surface area contributed by atoms with Gasteiger partial charge in [0, 0.05) is 17.1 Å². The fourth-order valence-corrected chi connectivity index (χ4v) is 3.18. The molecule has 0 aliphatic carbocycles. The van der Waals surface area contributed by atoms with Crippen LogP contribution < -0.4 is 4.72 Å². The molecule has 0 saturated carbocycles. The van der Waals surface area contributed by atoms with Gasteiger partial charge < -0.3 is 4.90 Å². The summed E-state index contributed by atoms with van der Waals surface area (Å²) >= 11 is 3.27. The van der Waals surface area contributed by atoms with Gasteiger partial charge in [0.05, 0.1) is 4.90 Å². The number of benzene rings is 1. The van der Waals surface area contributed by atoms with E-state index in [0.29, 0.717) is 17.5 Å². The first kappa shape index (κ1) is 16.6. The van der Waals surface area contributed by atoms with E-state index in [2.05, 4.69) is 39.4 Å². The molecule has 0 atom stereocenters. The first-order chi connectivity index (χ1) is 8.83. The van der Waals surface area contributed by atoms with Gasteiger partial charge in [0.15, 0.2) is 0 Å². The number of halogens is 1. The number of hydrogen-bond acceptors (Lipinski definition) is 3. The molecule has 0 unspecified atom stereocenters. The van der Waals surface area contributed by atoms with Crippen molar-refractivity contribution in [3.05, 3.63) is 28.7 Å². The minimum Gasteiger partial charge on any atom is -0.304 e. The summed E-state index contributed by atoms with van der Waals surface area (Å²) in [5, 5.41) is 0. The lowest BCUT2D eigenvalue weighted by molar-refractivity contribution is 0.271. The van der Waals surface area contributed by atoms with Crippen molar-refractivity contribution in [1.29, 1.82) is 0 Å². The molecular formula is C13H21BrN2O2S. The molecule has 0 amide bonds. The average molecular weight is 349 g/mol. The Hall–Kier alpha value is -0.430. The SMILES string of the molecule is CC(C)N(C)CCCNS(=O)(=O)c1cccc(Br)c1. The van der Waals surface area contributed by atoms with Crippen LogP contribution in [0.1, 0.15) is 20.3 Å². The van der Waals surface area contributed by atoms with Crippen LogP contribution in [0.2, 0.25) is 0 Å². The van der Waals surface area contributed by atoms with Crippen LogP contribution in [0.15, 0.2) is 33.6 Å². The lowest BCUT2D eigenvalue weighted by atomic mass is 10.3. The van der Waals surface area contributed by atoms with Gasteiger partial charge in [-0.1, -0.05) is 22.0 Å². The zero-order valence-corrected chi connectivity index (χ0v) is 14.0.